The molecule has 0 radical (unpaired) electrons. The number of rotatable bonds is 1. The lowest BCUT2D eigenvalue weighted by atomic mass is 10.1. The van der Waals surface area contributed by atoms with Gasteiger partial charge < -0.3 is 0 Å². The minimum Gasteiger partial charge on any atom is -0.236 e. The monoisotopic (exact) mass is 253 g/mol. The Balaban J connectivity index is 2.15. The van der Waals surface area contributed by atoms with Crippen molar-refractivity contribution in [3.05, 3.63) is 53.1 Å². The van der Waals surface area contributed by atoms with Crippen LogP contribution in [0.4, 0.5) is 0 Å². The Labute approximate surface area is 112 Å². The van der Waals surface area contributed by atoms with Gasteiger partial charge in [-0.05, 0) is 31.4 Å². The molecule has 0 aliphatic heterocycles. The van der Waals surface area contributed by atoms with E-state index in [1.54, 1.807) is 11.3 Å². The van der Waals surface area contributed by atoms with E-state index < -0.39 is 0 Å². The van der Waals surface area contributed by atoms with Crippen LogP contribution in [-0.2, 0) is 0 Å². The summed E-state index contributed by atoms with van der Waals surface area (Å²) in [7, 11) is 0. The molecule has 0 saturated carbocycles. The average Bonchev–Trinajstić information content (AvgIpc) is 2.80. The molecule has 3 rings (SSSR count). The fourth-order valence-corrected chi connectivity index (χ4v) is 3.29. The third-order valence-corrected chi connectivity index (χ3v) is 4.47. The first-order chi connectivity index (χ1) is 8.75. The molecule has 1 aliphatic carbocycles. The number of benzene rings is 1. The van der Waals surface area contributed by atoms with Gasteiger partial charge in [0.2, 0.25) is 0 Å². The normalized spacial score (nSPS) is 14.6. The maximum absolute atomic E-state index is 4.82. The zero-order valence-electron chi connectivity index (χ0n) is 10.6. The molecule has 0 bridgehead atoms. The third-order valence-electron chi connectivity index (χ3n) is 3.23. The fourth-order valence-electron chi connectivity index (χ4n) is 2.16. The van der Waals surface area contributed by atoms with Crippen LogP contribution in [0.5, 0.6) is 0 Å². The molecule has 0 saturated heterocycles. The summed E-state index contributed by atoms with van der Waals surface area (Å²) in [5.41, 5.74) is 5.00. The van der Waals surface area contributed by atoms with Crippen molar-refractivity contribution < 1.29 is 0 Å². The van der Waals surface area contributed by atoms with E-state index in [-0.39, 0.29) is 0 Å². The molecule has 0 fully saturated rings. The first-order valence-electron chi connectivity index (χ1n) is 6.16. The van der Waals surface area contributed by atoms with Gasteiger partial charge in [0.1, 0.15) is 5.01 Å². The quantitative estimate of drug-likeness (QED) is 0.695. The zero-order valence-corrected chi connectivity index (χ0v) is 11.4. The van der Waals surface area contributed by atoms with Gasteiger partial charge in [0, 0.05) is 5.56 Å². The van der Waals surface area contributed by atoms with Crippen molar-refractivity contribution >= 4 is 22.5 Å². The highest BCUT2D eigenvalue weighted by Crippen LogP contribution is 2.37. The predicted molar refractivity (Wildman–Crippen MR) is 79.5 cm³/mol. The lowest BCUT2D eigenvalue weighted by molar-refractivity contribution is 1.32. The summed E-state index contributed by atoms with van der Waals surface area (Å²) >= 11 is 1.79. The van der Waals surface area contributed by atoms with E-state index in [0.717, 1.165) is 17.1 Å². The van der Waals surface area contributed by atoms with Gasteiger partial charge in [-0.15, -0.1) is 11.3 Å². The van der Waals surface area contributed by atoms with Crippen LogP contribution in [0, 0.1) is 0 Å². The predicted octanol–water partition coefficient (Wildman–Crippen LogP) is 5.02. The fraction of sp³-hybridized carbons (Fsp3) is 0.188. The van der Waals surface area contributed by atoms with Gasteiger partial charge in [0.25, 0.3) is 0 Å². The van der Waals surface area contributed by atoms with Crippen molar-refractivity contribution in [3.63, 3.8) is 0 Å². The van der Waals surface area contributed by atoms with Crippen LogP contribution in [0.25, 0.3) is 21.7 Å². The van der Waals surface area contributed by atoms with E-state index in [4.69, 9.17) is 4.98 Å². The van der Waals surface area contributed by atoms with E-state index in [0.29, 0.717) is 0 Å². The summed E-state index contributed by atoms with van der Waals surface area (Å²) in [5, 5.41) is 1.11. The Hall–Kier alpha value is -1.67. The van der Waals surface area contributed by atoms with Crippen molar-refractivity contribution in [2.75, 3.05) is 0 Å². The number of nitrogens with zero attached hydrogens (tertiary/aromatic N) is 1. The number of hydrogen-bond donors (Lipinski definition) is 0. The minimum absolute atomic E-state index is 1.02. The summed E-state index contributed by atoms with van der Waals surface area (Å²) in [4.78, 5) is 6.14. The summed E-state index contributed by atoms with van der Waals surface area (Å²) in [6, 6.07) is 10.4. The minimum atomic E-state index is 1.02. The molecule has 0 N–H and O–H groups in total. The highest BCUT2D eigenvalue weighted by molar-refractivity contribution is 7.16. The van der Waals surface area contributed by atoms with Crippen LogP contribution < -0.4 is 0 Å². The third kappa shape index (κ3) is 1.93. The number of fused-ring (bicyclic) bond motifs is 1. The van der Waals surface area contributed by atoms with Crippen molar-refractivity contribution in [1.82, 2.24) is 4.98 Å². The summed E-state index contributed by atoms with van der Waals surface area (Å²) < 4.78 is 0. The Kier molecular flexibility index (Phi) is 2.88. The molecule has 0 unspecified atom stereocenters. The van der Waals surface area contributed by atoms with E-state index in [2.05, 4.69) is 50.3 Å². The van der Waals surface area contributed by atoms with E-state index in [9.17, 15) is 0 Å². The second-order valence-corrected chi connectivity index (χ2v) is 5.57. The SMILES string of the molecule is CC1=CCC=C(C)c2sc(-c3ccccc3)nc21. The average molecular weight is 253 g/mol. The molecule has 0 spiro atoms. The molecule has 1 aromatic carbocycles. The molecule has 1 aliphatic rings. The maximum Gasteiger partial charge on any atom is 0.124 e. The molecule has 1 nitrogen and oxygen atoms in total. The Morgan fingerprint density at radius 2 is 1.72 bits per heavy atom. The smallest absolute Gasteiger partial charge is 0.124 e. The van der Waals surface area contributed by atoms with Crippen molar-refractivity contribution in [2.24, 2.45) is 0 Å². The maximum atomic E-state index is 4.82. The van der Waals surface area contributed by atoms with Crippen LogP contribution in [0.1, 0.15) is 30.8 Å². The van der Waals surface area contributed by atoms with Gasteiger partial charge in [0.05, 0.1) is 10.6 Å². The highest BCUT2D eigenvalue weighted by Gasteiger charge is 2.16. The molecule has 18 heavy (non-hydrogen) atoms. The van der Waals surface area contributed by atoms with Crippen LogP contribution >= 0.6 is 11.3 Å². The molecular weight excluding hydrogens is 238 g/mol. The van der Waals surface area contributed by atoms with Gasteiger partial charge >= 0.3 is 0 Å². The van der Waals surface area contributed by atoms with Gasteiger partial charge in [-0.25, -0.2) is 4.98 Å². The van der Waals surface area contributed by atoms with Gasteiger partial charge in [-0.3, -0.25) is 0 Å². The summed E-state index contributed by atoms with van der Waals surface area (Å²) in [6.45, 7) is 4.33. The van der Waals surface area contributed by atoms with Crippen LogP contribution in [-0.4, -0.2) is 4.98 Å². The van der Waals surface area contributed by atoms with Crippen LogP contribution in [0.2, 0.25) is 0 Å². The molecule has 1 heterocycles. The van der Waals surface area contributed by atoms with Crippen molar-refractivity contribution in [1.29, 1.82) is 0 Å². The topological polar surface area (TPSA) is 12.9 Å². The molecule has 90 valence electrons. The molecule has 1 aromatic heterocycles. The Morgan fingerprint density at radius 3 is 2.50 bits per heavy atom. The number of allylic oxidation sites excluding steroid dienone is 4. The molecule has 2 heteroatoms. The van der Waals surface area contributed by atoms with Crippen molar-refractivity contribution in [2.45, 2.75) is 20.3 Å². The first-order valence-corrected chi connectivity index (χ1v) is 6.98. The molecule has 0 atom stereocenters. The summed E-state index contributed by atoms with van der Waals surface area (Å²) in [5.74, 6) is 0. The van der Waals surface area contributed by atoms with E-state index >= 15 is 0 Å². The van der Waals surface area contributed by atoms with Crippen LogP contribution in [0.15, 0.2) is 42.5 Å². The van der Waals surface area contributed by atoms with Crippen molar-refractivity contribution in [3.8, 4) is 10.6 Å². The van der Waals surface area contributed by atoms with Gasteiger partial charge in [-0.2, -0.15) is 0 Å². The molecule has 2 aromatic rings. The Bertz CT molecular complexity index is 597. The summed E-state index contributed by atoms with van der Waals surface area (Å²) in [6.07, 6.45) is 5.55. The first kappa shape index (κ1) is 11.4. The lowest BCUT2D eigenvalue weighted by Gasteiger charge is -1.97. The molecular formula is C16H15NS. The largest absolute Gasteiger partial charge is 0.236 e. The van der Waals surface area contributed by atoms with Gasteiger partial charge in [-0.1, -0.05) is 42.5 Å². The second-order valence-electron chi connectivity index (χ2n) is 4.57. The van der Waals surface area contributed by atoms with E-state index in [1.165, 1.54) is 21.6 Å². The second kappa shape index (κ2) is 4.54. The zero-order chi connectivity index (χ0) is 12.5. The van der Waals surface area contributed by atoms with Gasteiger partial charge in [0.15, 0.2) is 0 Å². The number of hydrogen-bond acceptors (Lipinski definition) is 2. The molecule has 0 amide bonds. The number of thiazole rings is 1. The highest BCUT2D eigenvalue weighted by atomic mass is 32.1. The lowest BCUT2D eigenvalue weighted by Crippen LogP contribution is -1.84. The Morgan fingerprint density at radius 1 is 1.00 bits per heavy atom. The standard InChI is InChI=1S/C16H15NS/c1-11-7-6-8-12(2)15-14(11)17-16(18-15)13-9-4-3-5-10-13/h3-5,7-10H,6H2,1-2H3. The van der Waals surface area contributed by atoms with Crippen LogP contribution in [0.3, 0.4) is 0 Å². The van der Waals surface area contributed by atoms with E-state index in [1.807, 2.05) is 6.07 Å². The number of aromatic nitrogens is 1.